The van der Waals surface area contributed by atoms with Crippen LogP contribution in [0.2, 0.25) is 0 Å². The van der Waals surface area contributed by atoms with E-state index in [0.29, 0.717) is 0 Å². The average Bonchev–Trinajstić information content (AvgIpc) is 2.20. The summed E-state index contributed by atoms with van der Waals surface area (Å²) in [4.78, 5) is 0. The van der Waals surface area contributed by atoms with E-state index in [2.05, 4.69) is 34.2 Å². The van der Waals surface area contributed by atoms with Crippen molar-refractivity contribution in [2.75, 3.05) is 20.7 Å². The van der Waals surface area contributed by atoms with Gasteiger partial charge >= 0.3 is 0 Å². The number of hydrogen-bond acceptors (Lipinski definition) is 2. The third-order valence-electron chi connectivity index (χ3n) is 2.24. The fraction of sp³-hybridized carbons (Fsp3) is 0.455. The Hall–Kier alpha value is -0.540. The van der Waals surface area contributed by atoms with Gasteiger partial charge in [0, 0.05) is 10.0 Å². The van der Waals surface area contributed by atoms with Crippen molar-refractivity contribution in [2.45, 2.75) is 13.3 Å². The van der Waals surface area contributed by atoms with Crippen molar-refractivity contribution in [3.63, 3.8) is 0 Å². The van der Waals surface area contributed by atoms with Gasteiger partial charge in [0.25, 0.3) is 0 Å². The second-order valence-corrected chi connectivity index (χ2v) is 4.02. The predicted octanol–water partition coefficient (Wildman–Crippen LogP) is 2.53. The monoisotopic (exact) mass is 257 g/mol. The molecule has 0 aromatic heterocycles. The van der Waals surface area contributed by atoms with Crippen molar-refractivity contribution in [3.8, 4) is 5.75 Å². The molecule has 0 spiro atoms. The molecule has 78 valence electrons. The lowest BCUT2D eigenvalue weighted by molar-refractivity contribution is 0.409. The van der Waals surface area contributed by atoms with Crippen LogP contribution in [0.3, 0.4) is 0 Å². The molecule has 1 rings (SSSR count). The first-order valence-corrected chi connectivity index (χ1v) is 5.46. The highest BCUT2D eigenvalue weighted by Gasteiger charge is 2.08. The molecule has 0 aliphatic carbocycles. The van der Waals surface area contributed by atoms with Gasteiger partial charge < -0.3 is 10.1 Å². The van der Waals surface area contributed by atoms with Crippen molar-refractivity contribution >= 4 is 15.9 Å². The van der Waals surface area contributed by atoms with Gasteiger partial charge in [-0.3, -0.25) is 0 Å². The van der Waals surface area contributed by atoms with E-state index in [-0.39, 0.29) is 0 Å². The molecule has 0 saturated heterocycles. The average molecular weight is 258 g/mol. The molecule has 0 fully saturated rings. The smallest absolute Gasteiger partial charge is 0.123 e. The number of methoxy groups -OCH3 is 1. The Kier molecular flexibility index (Phi) is 4.42. The van der Waals surface area contributed by atoms with Crippen LogP contribution in [0.1, 0.15) is 11.1 Å². The van der Waals surface area contributed by atoms with Crippen molar-refractivity contribution < 1.29 is 4.74 Å². The molecule has 0 unspecified atom stereocenters. The largest absolute Gasteiger partial charge is 0.496 e. The van der Waals surface area contributed by atoms with Gasteiger partial charge in [0.1, 0.15) is 5.75 Å². The molecule has 0 radical (unpaired) electrons. The Bertz CT molecular complexity index is 312. The van der Waals surface area contributed by atoms with Crippen LogP contribution in [-0.4, -0.2) is 20.7 Å². The second-order valence-electron chi connectivity index (χ2n) is 3.23. The first kappa shape index (κ1) is 11.5. The molecule has 0 amide bonds. The number of halogens is 1. The minimum atomic E-state index is 0.956. The Morgan fingerprint density at radius 1 is 1.43 bits per heavy atom. The summed E-state index contributed by atoms with van der Waals surface area (Å²) in [5.74, 6) is 0.956. The molecule has 1 aromatic rings. The Labute approximate surface area is 93.8 Å². The Morgan fingerprint density at radius 2 is 2.14 bits per heavy atom. The molecular weight excluding hydrogens is 242 g/mol. The van der Waals surface area contributed by atoms with Crippen LogP contribution in [0.15, 0.2) is 16.6 Å². The van der Waals surface area contributed by atoms with Crippen LogP contribution >= 0.6 is 15.9 Å². The highest BCUT2D eigenvalue weighted by atomic mass is 79.9. The minimum absolute atomic E-state index is 0.956. The fourth-order valence-corrected chi connectivity index (χ4v) is 1.92. The zero-order valence-electron chi connectivity index (χ0n) is 8.86. The molecule has 0 bridgehead atoms. The molecule has 0 heterocycles. The van der Waals surface area contributed by atoms with Gasteiger partial charge in [-0.15, -0.1) is 0 Å². The predicted molar refractivity (Wildman–Crippen MR) is 63.1 cm³/mol. The van der Waals surface area contributed by atoms with Gasteiger partial charge in [0.15, 0.2) is 0 Å². The molecule has 1 N–H and O–H groups in total. The first-order valence-electron chi connectivity index (χ1n) is 4.67. The molecule has 0 aliphatic heterocycles. The van der Waals surface area contributed by atoms with E-state index >= 15 is 0 Å². The zero-order chi connectivity index (χ0) is 10.6. The van der Waals surface area contributed by atoms with Crippen LogP contribution in [0.4, 0.5) is 0 Å². The lowest BCUT2D eigenvalue weighted by Crippen LogP contribution is -2.11. The van der Waals surface area contributed by atoms with Gasteiger partial charge in [-0.2, -0.15) is 0 Å². The molecular formula is C11H16BrNO. The number of aryl methyl sites for hydroxylation is 1. The van der Waals surface area contributed by atoms with Crippen LogP contribution in [-0.2, 0) is 6.42 Å². The lowest BCUT2D eigenvalue weighted by Gasteiger charge is -2.12. The molecule has 0 aliphatic rings. The number of ether oxygens (including phenoxy) is 1. The van der Waals surface area contributed by atoms with Crippen LogP contribution in [0.25, 0.3) is 0 Å². The van der Waals surface area contributed by atoms with Gasteiger partial charge in [-0.25, -0.2) is 0 Å². The van der Waals surface area contributed by atoms with Gasteiger partial charge in [0.05, 0.1) is 7.11 Å². The van der Waals surface area contributed by atoms with Crippen molar-refractivity contribution in [2.24, 2.45) is 0 Å². The number of hydrogen-bond donors (Lipinski definition) is 1. The van der Waals surface area contributed by atoms with Crippen molar-refractivity contribution in [1.29, 1.82) is 0 Å². The molecule has 1 aromatic carbocycles. The molecule has 0 atom stereocenters. The maximum atomic E-state index is 5.32. The highest BCUT2D eigenvalue weighted by molar-refractivity contribution is 9.10. The van der Waals surface area contributed by atoms with Gasteiger partial charge in [0.2, 0.25) is 0 Å². The summed E-state index contributed by atoms with van der Waals surface area (Å²) >= 11 is 3.59. The number of likely N-dealkylation sites (N-methyl/N-ethyl adjacent to an activating group) is 1. The van der Waals surface area contributed by atoms with Crippen molar-refractivity contribution in [1.82, 2.24) is 5.32 Å². The van der Waals surface area contributed by atoms with E-state index < -0.39 is 0 Å². The summed E-state index contributed by atoms with van der Waals surface area (Å²) in [6.45, 7) is 3.05. The quantitative estimate of drug-likeness (QED) is 0.896. The minimum Gasteiger partial charge on any atom is -0.496 e. The standard InChI is InChI=1S/C11H16BrNO/c1-8-4-5-10(14-3)9(11(8)12)6-7-13-2/h4-5,13H,6-7H2,1-3H3. The summed E-state index contributed by atoms with van der Waals surface area (Å²) in [5, 5.41) is 3.14. The number of rotatable bonds is 4. The second kappa shape index (κ2) is 5.37. The van der Waals surface area contributed by atoms with Gasteiger partial charge in [-0.1, -0.05) is 22.0 Å². The Balaban J connectivity index is 3.01. The molecule has 3 heteroatoms. The maximum absolute atomic E-state index is 5.32. The van der Waals surface area contributed by atoms with Crippen LogP contribution < -0.4 is 10.1 Å². The zero-order valence-corrected chi connectivity index (χ0v) is 10.4. The van der Waals surface area contributed by atoms with E-state index in [9.17, 15) is 0 Å². The van der Waals surface area contributed by atoms with Gasteiger partial charge in [-0.05, 0) is 38.6 Å². The molecule has 14 heavy (non-hydrogen) atoms. The van der Waals surface area contributed by atoms with E-state index in [1.807, 2.05) is 13.1 Å². The van der Waals surface area contributed by atoms with E-state index in [1.54, 1.807) is 7.11 Å². The number of benzene rings is 1. The third kappa shape index (κ3) is 2.49. The number of nitrogens with one attached hydrogen (secondary N) is 1. The van der Waals surface area contributed by atoms with E-state index in [4.69, 9.17) is 4.74 Å². The summed E-state index contributed by atoms with van der Waals surface area (Å²) in [6, 6.07) is 4.08. The van der Waals surface area contributed by atoms with Crippen LogP contribution in [0, 0.1) is 6.92 Å². The first-order chi connectivity index (χ1) is 6.70. The summed E-state index contributed by atoms with van der Waals surface area (Å²) in [7, 11) is 3.66. The SMILES string of the molecule is CNCCc1c(OC)ccc(C)c1Br. The maximum Gasteiger partial charge on any atom is 0.123 e. The fourth-order valence-electron chi connectivity index (χ4n) is 1.39. The summed E-state index contributed by atoms with van der Waals surface area (Å²) < 4.78 is 6.48. The van der Waals surface area contributed by atoms with Crippen molar-refractivity contribution in [3.05, 3.63) is 27.7 Å². The van der Waals surface area contributed by atoms with E-state index in [1.165, 1.54) is 11.1 Å². The summed E-state index contributed by atoms with van der Waals surface area (Å²) in [6.07, 6.45) is 0.974. The lowest BCUT2D eigenvalue weighted by atomic mass is 10.1. The van der Waals surface area contributed by atoms with E-state index in [0.717, 1.165) is 23.2 Å². The molecule has 0 saturated carbocycles. The third-order valence-corrected chi connectivity index (χ3v) is 3.34. The topological polar surface area (TPSA) is 21.3 Å². The van der Waals surface area contributed by atoms with Crippen LogP contribution in [0.5, 0.6) is 5.75 Å². The highest BCUT2D eigenvalue weighted by Crippen LogP contribution is 2.29. The molecule has 2 nitrogen and oxygen atoms in total. The normalized spacial score (nSPS) is 10.3. The summed E-state index contributed by atoms with van der Waals surface area (Å²) in [5.41, 5.74) is 2.48. The Morgan fingerprint density at radius 3 is 2.71 bits per heavy atom.